The molecule has 3 aromatic rings. The largest absolute Gasteiger partial charge is 0.457 e. The molecule has 1 aromatic heterocycles. The van der Waals surface area contributed by atoms with Crippen LogP contribution in [-0.4, -0.2) is 64.0 Å². The topological polar surface area (TPSA) is 90.3 Å². The molecule has 1 saturated heterocycles. The van der Waals surface area contributed by atoms with Crippen molar-refractivity contribution in [1.82, 2.24) is 9.88 Å². The summed E-state index contributed by atoms with van der Waals surface area (Å²) in [5.74, 6) is 0.967. The summed E-state index contributed by atoms with van der Waals surface area (Å²) in [6.45, 7) is 4.12. The van der Waals surface area contributed by atoms with Crippen LogP contribution in [0.25, 0.3) is 0 Å². The number of Topliss-reactive ketones (excluding diaryl/α,β-unsaturated/α-hetero) is 1. The molecule has 3 heterocycles. The van der Waals surface area contributed by atoms with Crippen molar-refractivity contribution in [3.8, 4) is 11.5 Å². The first-order valence-corrected chi connectivity index (χ1v) is 12.2. The van der Waals surface area contributed by atoms with Gasteiger partial charge in [0.15, 0.2) is 0 Å². The number of ether oxygens (including phenoxy) is 1. The SMILES string of the molecule is CCN1CC(N=C2C(C(=O)c3ccc(Oc4ccccc4)cc3Cl)=NCc3[nH]ccc32)CC1CO. The summed E-state index contributed by atoms with van der Waals surface area (Å²) in [7, 11) is 0. The number of carbonyl (C=O) groups is 1. The minimum absolute atomic E-state index is 0.0296. The highest BCUT2D eigenvalue weighted by molar-refractivity contribution is 6.74. The Morgan fingerprint density at radius 3 is 2.77 bits per heavy atom. The number of carbonyl (C=O) groups excluding carboxylic acids is 1. The number of aromatic amines is 1. The monoisotopic (exact) mass is 490 g/mol. The number of hydrogen-bond acceptors (Lipinski definition) is 6. The van der Waals surface area contributed by atoms with E-state index in [9.17, 15) is 9.90 Å². The van der Waals surface area contributed by atoms with E-state index in [0.717, 1.165) is 30.8 Å². The molecule has 0 radical (unpaired) electrons. The summed E-state index contributed by atoms with van der Waals surface area (Å²) in [5.41, 5.74) is 3.07. The van der Waals surface area contributed by atoms with Gasteiger partial charge in [-0.3, -0.25) is 19.7 Å². The van der Waals surface area contributed by atoms with Crippen molar-refractivity contribution in [2.45, 2.75) is 32.0 Å². The van der Waals surface area contributed by atoms with Gasteiger partial charge >= 0.3 is 0 Å². The van der Waals surface area contributed by atoms with Crippen LogP contribution >= 0.6 is 11.6 Å². The van der Waals surface area contributed by atoms with Gasteiger partial charge in [0.1, 0.15) is 17.2 Å². The zero-order valence-electron chi connectivity index (χ0n) is 19.4. The third-order valence-electron chi connectivity index (χ3n) is 6.52. The lowest BCUT2D eigenvalue weighted by atomic mass is 9.95. The first-order chi connectivity index (χ1) is 17.1. The van der Waals surface area contributed by atoms with Crippen molar-refractivity contribution >= 4 is 28.8 Å². The number of nitrogens with one attached hydrogen (secondary N) is 1. The highest BCUT2D eigenvalue weighted by atomic mass is 35.5. The molecule has 0 bridgehead atoms. The number of nitrogens with zero attached hydrogens (tertiary/aromatic N) is 3. The van der Waals surface area contributed by atoms with Gasteiger partial charge in [0, 0.05) is 41.7 Å². The predicted molar refractivity (Wildman–Crippen MR) is 137 cm³/mol. The molecule has 5 rings (SSSR count). The average Bonchev–Trinajstić information content (AvgIpc) is 3.51. The van der Waals surface area contributed by atoms with Gasteiger partial charge in [-0.15, -0.1) is 0 Å². The first kappa shape index (κ1) is 23.5. The fourth-order valence-corrected chi connectivity index (χ4v) is 4.99. The minimum atomic E-state index is -0.268. The second kappa shape index (κ2) is 10.2. The molecular formula is C27H27ClN4O3. The number of rotatable bonds is 7. The van der Waals surface area contributed by atoms with Crippen LogP contribution in [-0.2, 0) is 6.54 Å². The van der Waals surface area contributed by atoms with Gasteiger partial charge in [-0.05, 0) is 43.3 Å². The van der Waals surface area contributed by atoms with Crippen molar-refractivity contribution in [2.75, 3.05) is 19.7 Å². The number of H-pyrrole nitrogens is 1. The number of halogens is 1. The third kappa shape index (κ3) is 4.80. The zero-order valence-corrected chi connectivity index (χ0v) is 20.2. The maximum atomic E-state index is 13.6. The van der Waals surface area contributed by atoms with Crippen molar-refractivity contribution in [1.29, 1.82) is 0 Å². The molecule has 2 aromatic carbocycles. The van der Waals surface area contributed by atoms with E-state index in [1.54, 1.807) is 18.2 Å². The zero-order chi connectivity index (χ0) is 24.4. The number of likely N-dealkylation sites (tertiary alicyclic amines) is 1. The van der Waals surface area contributed by atoms with E-state index in [1.807, 2.05) is 42.6 Å². The summed E-state index contributed by atoms with van der Waals surface area (Å²) in [5, 5.41) is 10.0. The molecule has 2 N–H and O–H groups in total. The maximum Gasteiger partial charge on any atom is 0.214 e. The van der Waals surface area contributed by atoms with Gasteiger partial charge in [-0.25, -0.2) is 0 Å². The summed E-state index contributed by atoms with van der Waals surface area (Å²) < 4.78 is 5.85. The Balaban J connectivity index is 1.44. The lowest BCUT2D eigenvalue weighted by Gasteiger charge is -2.19. The highest BCUT2D eigenvalue weighted by Gasteiger charge is 2.34. The molecule has 2 unspecified atom stereocenters. The number of benzene rings is 2. The Kier molecular flexibility index (Phi) is 6.81. The summed E-state index contributed by atoms with van der Waals surface area (Å²) in [6, 6.07) is 16.4. The summed E-state index contributed by atoms with van der Waals surface area (Å²) >= 11 is 6.55. The fourth-order valence-electron chi connectivity index (χ4n) is 4.73. The van der Waals surface area contributed by atoms with Gasteiger partial charge < -0.3 is 14.8 Å². The average molecular weight is 491 g/mol. The Morgan fingerprint density at radius 1 is 1.23 bits per heavy atom. The van der Waals surface area contributed by atoms with Gasteiger partial charge in [-0.1, -0.05) is 36.7 Å². The van der Waals surface area contributed by atoms with Crippen LogP contribution in [0.1, 0.15) is 35.0 Å². The number of fused-ring (bicyclic) bond motifs is 1. The summed E-state index contributed by atoms with van der Waals surface area (Å²) in [6.07, 6.45) is 2.58. The van der Waals surface area contributed by atoms with Crippen molar-refractivity contribution in [3.05, 3.63) is 82.6 Å². The van der Waals surface area contributed by atoms with Gasteiger partial charge in [0.05, 0.1) is 29.9 Å². The van der Waals surface area contributed by atoms with E-state index in [1.165, 1.54) is 0 Å². The predicted octanol–water partition coefficient (Wildman–Crippen LogP) is 4.54. The van der Waals surface area contributed by atoms with Gasteiger partial charge in [0.2, 0.25) is 5.78 Å². The normalized spacial score (nSPS) is 21.1. The summed E-state index contributed by atoms with van der Waals surface area (Å²) in [4.78, 5) is 28.7. The second-order valence-corrected chi connectivity index (χ2v) is 9.12. The first-order valence-electron chi connectivity index (χ1n) is 11.8. The lowest BCUT2D eigenvalue weighted by Crippen LogP contribution is -2.32. The second-order valence-electron chi connectivity index (χ2n) is 8.71. The number of aromatic nitrogens is 1. The molecule has 2 aliphatic heterocycles. The van der Waals surface area contributed by atoms with E-state index in [0.29, 0.717) is 40.1 Å². The van der Waals surface area contributed by atoms with Crippen LogP contribution in [0.2, 0.25) is 5.02 Å². The number of aliphatic hydroxyl groups is 1. The van der Waals surface area contributed by atoms with E-state index in [-0.39, 0.29) is 24.5 Å². The Morgan fingerprint density at radius 2 is 2.06 bits per heavy atom. The van der Waals surface area contributed by atoms with Crippen LogP contribution in [0.15, 0.2) is 70.8 Å². The molecule has 180 valence electrons. The number of hydrogen-bond donors (Lipinski definition) is 2. The Hall–Kier alpha value is -3.26. The van der Waals surface area contributed by atoms with E-state index in [2.05, 4.69) is 21.8 Å². The number of ketones is 1. The Bertz CT molecular complexity index is 1270. The molecule has 2 atom stereocenters. The van der Waals surface area contributed by atoms with Crippen molar-refractivity contribution < 1.29 is 14.6 Å². The maximum absolute atomic E-state index is 13.6. The van der Waals surface area contributed by atoms with Crippen LogP contribution in [0.5, 0.6) is 11.5 Å². The van der Waals surface area contributed by atoms with Crippen LogP contribution < -0.4 is 4.74 Å². The van der Waals surface area contributed by atoms with Gasteiger partial charge in [0.25, 0.3) is 0 Å². The standard InChI is InChI=1S/C27H27ClN4O3/c1-2-32-15-17(12-18(32)16-33)31-25-22-10-11-29-24(22)14-30-26(25)27(34)21-9-8-20(13-23(21)28)35-19-6-4-3-5-7-19/h3-11,13,17-18,29,33H,2,12,14-16H2,1H3. The quantitative estimate of drug-likeness (QED) is 0.476. The molecule has 1 fully saturated rings. The lowest BCUT2D eigenvalue weighted by molar-refractivity contribution is 0.106. The highest BCUT2D eigenvalue weighted by Crippen LogP contribution is 2.29. The van der Waals surface area contributed by atoms with E-state index < -0.39 is 0 Å². The molecule has 8 heteroatoms. The Labute approximate surface area is 209 Å². The van der Waals surface area contributed by atoms with Gasteiger partial charge in [-0.2, -0.15) is 0 Å². The molecule has 0 spiro atoms. The molecule has 0 aliphatic carbocycles. The number of likely N-dealkylation sites (N-methyl/N-ethyl adjacent to an activating group) is 1. The van der Waals surface area contributed by atoms with E-state index >= 15 is 0 Å². The number of aliphatic imine (C=N–C) groups is 2. The van der Waals surface area contributed by atoms with Crippen molar-refractivity contribution in [2.24, 2.45) is 9.98 Å². The van der Waals surface area contributed by atoms with Crippen LogP contribution in [0.4, 0.5) is 0 Å². The van der Waals surface area contributed by atoms with Crippen LogP contribution in [0, 0.1) is 0 Å². The molecular weight excluding hydrogens is 464 g/mol. The van der Waals surface area contributed by atoms with Crippen molar-refractivity contribution in [3.63, 3.8) is 0 Å². The molecule has 35 heavy (non-hydrogen) atoms. The fraction of sp³-hybridized carbons (Fsp3) is 0.296. The minimum Gasteiger partial charge on any atom is -0.457 e. The molecule has 7 nitrogen and oxygen atoms in total. The number of para-hydroxylation sites is 1. The molecule has 0 amide bonds. The van der Waals surface area contributed by atoms with Crippen LogP contribution in [0.3, 0.4) is 0 Å². The molecule has 2 aliphatic rings. The third-order valence-corrected chi connectivity index (χ3v) is 6.83. The number of aliphatic hydroxyl groups excluding tert-OH is 1. The van der Waals surface area contributed by atoms with E-state index in [4.69, 9.17) is 21.3 Å². The molecule has 0 saturated carbocycles. The smallest absolute Gasteiger partial charge is 0.214 e.